The zero-order valence-corrected chi connectivity index (χ0v) is 15.8. The third-order valence-electron chi connectivity index (χ3n) is 4.35. The first-order valence-electron chi connectivity index (χ1n) is 8.32. The molecular weight excluding hydrogens is 328 g/mol. The average Bonchev–Trinajstić information content (AvgIpc) is 2.52. The van der Waals surface area contributed by atoms with Crippen LogP contribution in [0.15, 0.2) is 23.1 Å². The minimum absolute atomic E-state index is 0. The number of carbonyl (C=O) groups is 1. The van der Waals surface area contributed by atoms with Crippen LogP contribution in [-0.4, -0.2) is 31.3 Å². The first kappa shape index (κ1) is 20.3. The molecule has 0 aliphatic carbocycles. The number of rotatable bonds is 7. The van der Waals surface area contributed by atoms with Crippen molar-refractivity contribution in [1.82, 2.24) is 10.6 Å². The highest BCUT2D eigenvalue weighted by Gasteiger charge is 2.12. The molecule has 0 radical (unpaired) electrons. The maximum atomic E-state index is 11.9. The van der Waals surface area contributed by atoms with E-state index in [0.717, 1.165) is 37.7 Å². The summed E-state index contributed by atoms with van der Waals surface area (Å²) in [5, 5.41) is 6.47. The maximum absolute atomic E-state index is 11.9. The van der Waals surface area contributed by atoms with E-state index in [0.29, 0.717) is 6.42 Å². The van der Waals surface area contributed by atoms with Gasteiger partial charge in [-0.3, -0.25) is 4.79 Å². The highest BCUT2D eigenvalue weighted by molar-refractivity contribution is 7.99. The highest BCUT2D eigenvalue weighted by Crippen LogP contribution is 2.21. The van der Waals surface area contributed by atoms with Gasteiger partial charge in [-0.15, -0.1) is 24.2 Å². The maximum Gasteiger partial charge on any atom is 0.220 e. The van der Waals surface area contributed by atoms with E-state index in [1.54, 1.807) is 11.8 Å². The van der Waals surface area contributed by atoms with Crippen molar-refractivity contribution in [1.29, 1.82) is 0 Å². The lowest BCUT2D eigenvalue weighted by atomic mass is 9.96. The number of aryl methyl sites for hydroxylation is 2. The van der Waals surface area contributed by atoms with E-state index < -0.39 is 0 Å². The van der Waals surface area contributed by atoms with Gasteiger partial charge >= 0.3 is 0 Å². The fourth-order valence-corrected chi connectivity index (χ4v) is 3.69. The van der Waals surface area contributed by atoms with Crippen LogP contribution in [0.25, 0.3) is 0 Å². The lowest BCUT2D eigenvalue weighted by molar-refractivity contribution is -0.120. The summed E-state index contributed by atoms with van der Waals surface area (Å²) in [4.78, 5) is 13.1. The summed E-state index contributed by atoms with van der Waals surface area (Å²) in [6.07, 6.45) is 4.26. The van der Waals surface area contributed by atoms with E-state index in [-0.39, 0.29) is 18.3 Å². The zero-order chi connectivity index (χ0) is 15.8. The molecule has 1 aromatic carbocycles. The molecule has 130 valence electrons. The Balaban J connectivity index is 0.00000264. The Labute approximate surface area is 150 Å². The normalized spacial score (nSPS) is 17.4. The van der Waals surface area contributed by atoms with Crippen LogP contribution >= 0.6 is 24.2 Å². The van der Waals surface area contributed by atoms with Gasteiger partial charge in [-0.2, -0.15) is 0 Å². The second kappa shape index (κ2) is 11.0. The molecule has 23 heavy (non-hydrogen) atoms. The number of piperidine rings is 1. The molecule has 2 N–H and O–H groups in total. The van der Waals surface area contributed by atoms with Crippen LogP contribution in [0.1, 0.15) is 36.8 Å². The summed E-state index contributed by atoms with van der Waals surface area (Å²) in [6.45, 7) is 7.34. The molecule has 5 heteroatoms. The molecule has 1 aliphatic heterocycles. The number of thioether (sulfide) groups is 1. The van der Waals surface area contributed by atoms with Crippen LogP contribution in [0.2, 0.25) is 0 Å². The molecule has 1 atom stereocenters. The van der Waals surface area contributed by atoms with Crippen LogP contribution in [0.3, 0.4) is 0 Å². The van der Waals surface area contributed by atoms with E-state index in [4.69, 9.17) is 0 Å². The second-order valence-electron chi connectivity index (χ2n) is 6.20. The van der Waals surface area contributed by atoms with E-state index in [1.165, 1.54) is 28.9 Å². The number of nitrogens with one attached hydrogen (secondary N) is 2. The first-order valence-corrected chi connectivity index (χ1v) is 9.31. The molecule has 1 saturated heterocycles. The Bertz CT molecular complexity index is 490. The fourth-order valence-electron chi connectivity index (χ4n) is 2.74. The zero-order valence-electron chi connectivity index (χ0n) is 14.2. The summed E-state index contributed by atoms with van der Waals surface area (Å²) in [5.41, 5.74) is 2.63. The lowest BCUT2D eigenvalue weighted by Gasteiger charge is -2.22. The minimum Gasteiger partial charge on any atom is -0.356 e. The fraction of sp³-hybridized carbons (Fsp3) is 0.611. The predicted molar refractivity (Wildman–Crippen MR) is 102 cm³/mol. The first-order chi connectivity index (χ1) is 10.6. The second-order valence-corrected chi connectivity index (χ2v) is 7.36. The standard InChI is InChI=1S/C18H28N2OS.ClH/c1-14-5-6-17(12-15(14)2)22-11-8-18(21)20-10-7-16-4-3-9-19-13-16;/h5-6,12,16,19H,3-4,7-11,13H2,1-2H3,(H,20,21);1H. The molecule has 1 unspecified atom stereocenters. The molecule has 1 amide bonds. The number of hydrogen-bond donors (Lipinski definition) is 2. The van der Waals surface area contributed by atoms with Crippen LogP contribution in [0, 0.1) is 19.8 Å². The third kappa shape index (κ3) is 7.60. The Morgan fingerprint density at radius 3 is 2.87 bits per heavy atom. The molecule has 1 aromatic rings. The van der Waals surface area contributed by atoms with Gasteiger partial charge in [-0.05, 0) is 75.4 Å². The van der Waals surface area contributed by atoms with Crippen molar-refractivity contribution in [3.05, 3.63) is 29.3 Å². The molecule has 0 saturated carbocycles. The summed E-state index contributed by atoms with van der Waals surface area (Å²) >= 11 is 1.76. The number of carbonyl (C=O) groups excluding carboxylic acids is 1. The van der Waals surface area contributed by atoms with Crippen LogP contribution < -0.4 is 10.6 Å². The molecule has 2 rings (SSSR count). The van der Waals surface area contributed by atoms with Gasteiger partial charge in [-0.25, -0.2) is 0 Å². The Kier molecular flexibility index (Phi) is 9.68. The van der Waals surface area contributed by atoms with Crippen LogP contribution in [0.4, 0.5) is 0 Å². The molecule has 3 nitrogen and oxygen atoms in total. The van der Waals surface area contributed by atoms with Crippen molar-refractivity contribution in [3.63, 3.8) is 0 Å². The summed E-state index contributed by atoms with van der Waals surface area (Å²) in [5.74, 6) is 1.76. The summed E-state index contributed by atoms with van der Waals surface area (Å²) < 4.78 is 0. The Morgan fingerprint density at radius 2 is 2.17 bits per heavy atom. The SMILES string of the molecule is Cc1ccc(SCCC(=O)NCCC2CCCNC2)cc1C.Cl. The van der Waals surface area contributed by atoms with E-state index >= 15 is 0 Å². The van der Waals surface area contributed by atoms with Crippen molar-refractivity contribution in [2.24, 2.45) is 5.92 Å². The van der Waals surface area contributed by atoms with Crippen molar-refractivity contribution in [3.8, 4) is 0 Å². The van der Waals surface area contributed by atoms with Gasteiger partial charge in [0, 0.05) is 23.6 Å². The number of amides is 1. The topological polar surface area (TPSA) is 41.1 Å². The van der Waals surface area contributed by atoms with Gasteiger partial charge in [0.1, 0.15) is 0 Å². The van der Waals surface area contributed by atoms with Gasteiger partial charge in [0.2, 0.25) is 5.91 Å². The smallest absolute Gasteiger partial charge is 0.220 e. The molecule has 0 spiro atoms. The van der Waals surface area contributed by atoms with Crippen LogP contribution in [-0.2, 0) is 4.79 Å². The van der Waals surface area contributed by atoms with Crippen LogP contribution in [0.5, 0.6) is 0 Å². The molecule has 0 bridgehead atoms. The molecule has 1 aliphatic rings. The van der Waals surface area contributed by atoms with Gasteiger partial charge in [0.25, 0.3) is 0 Å². The Hall–Kier alpha value is -0.710. The molecule has 1 fully saturated rings. The van der Waals surface area contributed by atoms with E-state index in [2.05, 4.69) is 42.7 Å². The van der Waals surface area contributed by atoms with Crippen molar-refractivity contribution >= 4 is 30.1 Å². The quantitative estimate of drug-likeness (QED) is 0.732. The number of halogens is 1. The monoisotopic (exact) mass is 356 g/mol. The largest absolute Gasteiger partial charge is 0.356 e. The van der Waals surface area contributed by atoms with Gasteiger partial charge in [-0.1, -0.05) is 6.07 Å². The number of benzene rings is 1. The number of hydrogen-bond acceptors (Lipinski definition) is 3. The molecular formula is C18H29ClN2OS. The van der Waals surface area contributed by atoms with Crippen molar-refractivity contribution in [2.45, 2.75) is 44.4 Å². The van der Waals surface area contributed by atoms with Gasteiger partial charge < -0.3 is 10.6 Å². The van der Waals surface area contributed by atoms with E-state index in [9.17, 15) is 4.79 Å². The molecule has 0 aromatic heterocycles. The summed E-state index contributed by atoms with van der Waals surface area (Å²) in [7, 11) is 0. The average molecular weight is 357 g/mol. The minimum atomic E-state index is 0. The highest BCUT2D eigenvalue weighted by atomic mass is 35.5. The van der Waals surface area contributed by atoms with Crippen molar-refractivity contribution in [2.75, 3.05) is 25.4 Å². The lowest BCUT2D eigenvalue weighted by Crippen LogP contribution is -2.33. The van der Waals surface area contributed by atoms with Crippen molar-refractivity contribution < 1.29 is 4.79 Å². The summed E-state index contributed by atoms with van der Waals surface area (Å²) in [6, 6.07) is 6.49. The third-order valence-corrected chi connectivity index (χ3v) is 5.35. The van der Waals surface area contributed by atoms with Gasteiger partial charge in [0.05, 0.1) is 0 Å². The van der Waals surface area contributed by atoms with E-state index in [1.807, 2.05) is 0 Å². The van der Waals surface area contributed by atoms with Gasteiger partial charge in [0.15, 0.2) is 0 Å². The molecule has 1 heterocycles. The Morgan fingerprint density at radius 1 is 1.35 bits per heavy atom. The predicted octanol–water partition coefficient (Wildman–Crippen LogP) is 3.71.